The molecule has 2 aliphatic carbocycles. The van der Waals surface area contributed by atoms with Gasteiger partial charge in [0.15, 0.2) is 0 Å². The molecular weight excluding hydrogens is 773 g/mol. The number of thiophene rings is 2. The van der Waals surface area contributed by atoms with Crippen LogP contribution in [0.5, 0.6) is 0 Å². The summed E-state index contributed by atoms with van der Waals surface area (Å²) in [5, 5.41) is 21.5. The molecule has 1 saturated heterocycles. The zero-order valence-electron chi connectivity index (χ0n) is 32.5. The van der Waals surface area contributed by atoms with Crippen LogP contribution < -0.4 is 21.5 Å². The standard InChI is InChI=1S/C44H50N6O6S2/c51-39-37-23-33(50-41(53)38(31-19-22-58-28-31)35(25-46-50)30-18-21-57-27-30)26-49(37)40(52)36(47-43(55)56-34-14-9-10-15-34)16-8-3-1-2-7-13-32-24-44(32,48-39)42(54)45-20-17-29-11-5-4-6-12-29/h4-7,11-13,18-19,21-22,25,27-28,32-34,36-37H,1-3,8-10,14-17,20,23-24,26H2,(H,45,54)(H,47,55)(H,48,51)/t32?,33-,36+,37-,44-/m0/s1. The highest BCUT2D eigenvalue weighted by atomic mass is 32.1. The van der Waals surface area contributed by atoms with Gasteiger partial charge in [-0.3, -0.25) is 19.2 Å². The molecule has 8 rings (SSSR count). The van der Waals surface area contributed by atoms with Gasteiger partial charge in [-0.1, -0.05) is 55.3 Å². The van der Waals surface area contributed by atoms with Crippen molar-refractivity contribution in [3.8, 4) is 22.3 Å². The fourth-order valence-corrected chi connectivity index (χ4v) is 10.1. The summed E-state index contributed by atoms with van der Waals surface area (Å²) < 4.78 is 7.13. The predicted molar refractivity (Wildman–Crippen MR) is 224 cm³/mol. The number of carbonyl (C=O) groups is 4. The first-order valence-corrected chi connectivity index (χ1v) is 22.4. The summed E-state index contributed by atoms with van der Waals surface area (Å²) in [6.45, 7) is 0.417. The van der Waals surface area contributed by atoms with Gasteiger partial charge in [0, 0.05) is 31.0 Å². The lowest BCUT2D eigenvalue weighted by molar-refractivity contribution is -0.141. The first-order valence-electron chi connectivity index (χ1n) is 20.6. The van der Waals surface area contributed by atoms with E-state index in [1.165, 1.54) is 32.3 Å². The van der Waals surface area contributed by atoms with Crippen LogP contribution in [0.2, 0.25) is 0 Å². The van der Waals surface area contributed by atoms with E-state index in [2.05, 4.69) is 27.1 Å². The molecule has 12 nitrogen and oxygen atoms in total. The van der Waals surface area contributed by atoms with E-state index in [9.17, 15) is 24.0 Å². The van der Waals surface area contributed by atoms with Crippen LogP contribution in [0.3, 0.4) is 0 Å². The fraction of sp³-hybridized carbons (Fsp3) is 0.455. The van der Waals surface area contributed by atoms with Gasteiger partial charge in [-0.25, -0.2) is 9.48 Å². The third kappa shape index (κ3) is 8.68. The monoisotopic (exact) mass is 822 g/mol. The van der Waals surface area contributed by atoms with Gasteiger partial charge in [-0.05, 0) is 108 Å². The largest absolute Gasteiger partial charge is 0.446 e. The fourth-order valence-electron chi connectivity index (χ4n) is 8.78. The van der Waals surface area contributed by atoms with Crippen LogP contribution in [-0.2, 0) is 25.5 Å². The molecule has 304 valence electrons. The van der Waals surface area contributed by atoms with Crippen molar-refractivity contribution in [3.63, 3.8) is 0 Å². The summed E-state index contributed by atoms with van der Waals surface area (Å²) in [5.41, 5.74) is 2.46. The molecule has 14 heteroatoms. The van der Waals surface area contributed by atoms with Crippen LogP contribution in [0.1, 0.15) is 82.2 Å². The summed E-state index contributed by atoms with van der Waals surface area (Å²) in [6, 6.07) is 11.1. The highest BCUT2D eigenvalue weighted by Gasteiger charge is 2.61. The lowest BCUT2D eigenvalue weighted by Crippen LogP contribution is -2.58. The quantitative estimate of drug-likeness (QED) is 0.160. The van der Waals surface area contributed by atoms with E-state index in [4.69, 9.17) is 4.74 Å². The first kappa shape index (κ1) is 39.7. The van der Waals surface area contributed by atoms with Crippen molar-refractivity contribution < 1.29 is 23.9 Å². The molecule has 2 aliphatic heterocycles. The van der Waals surface area contributed by atoms with E-state index in [1.807, 2.05) is 70.1 Å². The molecule has 4 aliphatic rings. The van der Waals surface area contributed by atoms with Gasteiger partial charge in [0.25, 0.3) is 5.56 Å². The number of fused-ring (bicyclic) bond motifs is 2. The number of aromatic nitrogens is 2. The van der Waals surface area contributed by atoms with Crippen molar-refractivity contribution >= 4 is 46.5 Å². The third-order valence-corrected chi connectivity index (χ3v) is 13.4. The number of hydrogen-bond acceptors (Lipinski definition) is 9. The summed E-state index contributed by atoms with van der Waals surface area (Å²) >= 11 is 3.02. The average Bonchev–Trinajstić information content (AvgIpc) is 3.92. The molecular formula is C44H50N6O6S2. The number of allylic oxidation sites excluding steroid dienone is 1. The Labute approximate surface area is 346 Å². The van der Waals surface area contributed by atoms with E-state index in [-0.39, 0.29) is 36.5 Å². The first-order chi connectivity index (χ1) is 28.3. The van der Waals surface area contributed by atoms with E-state index >= 15 is 0 Å². The maximum Gasteiger partial charge on any atom is 0.408 e. The smallest absolute Gasteiger partial charge is 0.408 e. The Morgan fingerprint density at radius 2 is 1.69 bits per heavy atom. The third-order valence-electron chi connectivity index (χ3n) is 12.1. The van der Waals surface area contributed by atoms with Gasteiger partial charge < -0.3 is 25.6 Å². The molecule has 58 heavy (non-hydrogen) atoms. The number of nitrogens with one attached hydrogen (secondary N) is 3. The van der Waals surface area contributed by atoms with Crippen LogP contribution in [0.4, 0.5) is 4.79 Å². The highest BCUT2D eigenvalue weighted by molar-refractivity contribution is 7.08. The molecule has 2 saturated carbocycles. The Morgan fingerprint density at radius 3 is 2.45 bits per heavy atom. The van der Waals surface area contributed by atoms with Crippen molar-refractivity contribution in [1.82, 2.24) is 30.6 Å². The van der Waals surface area contributed by atoms with Crippen molar-refractivity contribution in [3.05, 3.63) is 98.3 Å². The van der Waals surface area contributed by atoms with E-state index in [0.717, 1.165) is 61.6 Å². The van der Waals surface area contributed by atoms with Crippen LogP contribution in [0.15, 0.2) is 87.1 Å². The molecule has 1 unspecified atom stereocenters. The van der Waals surface area contributed by atoms with Crippen molar-refractivity contribution in [1.29, 1.82) is 0 Å². The Bertz CT molecular complexity index is 2170. The predicted octanol–water partition coefficient (Wildman–Crippen LogP) is 6.63. The highest BCUT2D eigenvalue weighted by Crippen LogP contribution is 2.46. The lowest BCUT2D eigenvalue weighted by atomic mass is 10.0. The zero-order chi connectivity index (χ0) is 40.1. The lowest BCUT2D eigenvalue weighted by Gasteiger charge is -2.30. The Kier molecular flexibility index (Phi) is 12.2. The number of nitrogens with zero attached hydrogens (tertiary/aromatic N) is 3. The van der Waals surface area contributed by atoms with Crippen molar-refractivity contribution in [2.45, 2.75) is 107 Å². The molecule has 0 radical (unpaired) electrons. The second-order valence-corrected chi connectivity index (χ2v) is 17.5. The van der Waals surface area contributed by atoms with Crippen LogP contribution in [0.25, 0.3) is 22.3 Å². The summed E-state index contributed by atoms with van der Waals surface area (Å²) in [6.07, 6.45) is 13.2. The molecule has 5 atom stereocenters. The number of carbonyl (C=O) groups excluding carboxylic acids is 4. The normalized spacial score (nSPS) is 25.2. The molecule has 0 bridgehead atoms. The molecule has 1 aromatic carbocycles. The van der Waals surface area contributed by atoms with Gasteiger partial charge in [0.2, 0.25) is 17.7 Å². The van der Waals surface area contributed by atoms with E-state index in [1.54, 1.807) is 6.20 Å². The minimum Gasteiger partial charge on any atom is -0.446 e. The van der Waals surface area contributed by atoms with Crippen LogP contribution in [0, 0.1) is 5.92 Å². The molecule has 5 heterocycles. The minimum atomic E-state index is -1.18. The SMILES string of the molecule is O=C(N[C@@H]1CCCCCC=CC2C[C@]2(C(=O)NCCc2ccccc2)NC(=O)[C@@H]2C[C@H](n3ncc(-c4ccsc4)c(-c4ccsc4)c3=O)CN2C1=O)OC1CCCC1. The van der Waals surface area contributed by atoms with Gasteiger partial charge in [0.1, 0.15) is 23.7 Å². The Hall–Kier alpha value is -5.08. The number of hydrogen-bond donors (Lipinski definition) is 3. The number of ether oxygens (including phenoxy) is 1. The maximum absolute atomic E-state index is 14.8. The number of benzene rings is 1. The van der Waals surface area contributed by atoms with Crippen LogP contribution in [-0.4, -0.2) is 75.3 Å². The number of rotatable bonds is 9. The van der Waals surface area contributed by atoms with Crippen LogP contribution >= 0.6 is 22.7 Å². The molecule has 3 fully saturated rings. The molecule has 3 aromatic heterocycles. The van der Waals surface area contributed by atoms with E-state index in [0.29, 0.717) is 43.4 Å². The van der Waals surface area contributed by atoms with Gasteiger partial charge >= 0.3 is 6.09 Å². The summed E-state index contributed by atoms with van der Waals surface area (Å²) in [4.78, 5) is 72.7. The van der Waals surface area contributed by atoms with Crippen molar-refractivity contribution in [2.24, 2.45) is 5.92 Å². The summed E-state index contributed by atoms with van der Waals surface area (Å²) in [7, 11) is 0. The Balaban J connectivity index is 1.11. The maximum atomic E-state index is 14.8. The topological polar surface area (TPSA) is 152 Å². The Morgan fingerprint density at radius 1 is 0.931 bits per heavy atom. The number of alkyl carbamates (subject to hydrolysis) is 1. The van der Waals surface area contributed by atoms with Crippen molar-refractivity contribution in [2.75, 3.05) is 13.1 Å². The van der Waals surface area contributed by atoms with Gasteiger partial charge in [-0.15, -0.1) is 0 Å². The molecule has 4 aromatic rings. The second-order valence-electron chi connectivity index (χ2n) is 15.9. The van der Waals surface area contributed by atoms with E-state index < -0.39 is 41.6 Å². The minimum absolute atomic E-state index is 0.0140. The molecule has 0 spiro atoms. The zero-order valence-corrected chi connectivity index (χ0v) is 34.1. The summed E-state index contributed by atoms with van der Waals surface area (Å²) in [5.74, 6) is -1.37. The molecule has 3 N–H and O–H groups in total. The molecule has 4 amide bonds. The van der Waals surface area contributed by atoms with Gasteiger partial charge in [-0.2, -0.15) is 27.8 Å². The number of amides is 4. The average molecular weight is 823 g/mol. The second kappa shape index (κ2) is 17.8. The van der Waals surface area contributed by atoms with Gasteiger partial charge in [0.05, 0.1) is 17.8 Å².